The van der Waals surface area contributed by atoms with Gasteiger partial charge < -0.3 is 9.88 Å². The van der Waals surface area contributed by atoms with E-state index in [2.05, 4.69) is 30.7 Å². The van der Waals surface area contributed by atoms with Crippen LogP contribution in [0, 0.1) is 0 Å². The summed E-state index contributed by atoms with van der Waals surface area (Å²) in [6.07, 6.45) is 3.70. The number of nitrogens with zero attached hydrogens (tertiary/aromatic N) is 2. The largest absolute Gasteiger partial charge is 0.353 e. The quantitative estimate of drug-likeness (QED) is 0.705. The Morgan fingerprint density at radius 2 is 2.13 bits per heavy atom. The molecular weight excluding hydrogens is 186 g/mol. The Bertz CT molecular complexity index is 394. The highest BCUT2D eigenvalue weighted by molar-refractivity contribution is 5.41. The SMILES string of the molecule is CC1CC(C)n2c(nc3c2CCC3C)N1. The van der Waals surface area contributed by atoms with Crippen LogP contribution in [0.25, 0.3) is 0 Å². The zero-order chi connectivity index (χ0) is 10.6. The van der Waals surface area contributed by atoms with Gasteiger partial charge in [-0.25, -0.2) is 4.98 Å². The van der Waals surface area contributed by atoms with E-state index in [1.165, 1.54) is 30.7 Å². The summed E-state index contributed by atoms with van der Waals surface area (Å²) in [7, 11) is 0. The zero-order valence-electron chi connectivity index (χ0n) is 9.75. The van der Waals surface area contributed by atoms with Crippen molar-refractivity contribution in [3.05, 3.63) is 11.4 Å². The standard InChI is InChI=1S/C12H19N3/c1-7-4-5-10-11(7)14-12-13-8(2)6-9(3)15(10)12/h7-9H,4-6H2,1-3H3,(H,13,14). The van der Waals surface area contributed by atoms with Gasteiger partial charge in [-0.3, -0.25) is 0 Å². The highest BCUT2D eigenvalue weighted by Gasteiger charge is 2.31. The van der Waals surface area contributed by atoms with Crippen LogP contribution in [0.1, 0.15) is 57.0 Å². The maximum atomic E-state index is 4.76. The van der Waals surface area contributed by atoms with Crippen molar-refractivity contribution in [2.75, 3.05) is 5.32 Å². The van der Waals surface area contributed by atoms with E-state index in [1.807, 2.05) is 0 Å². The maximum Gasteiger partial charge on any atom is 0.203 e. The lowest BCUT2D eigenvalue weighted by molar-refractivity contribution is 0.438. The molecule has 2 heterocycles. The fraction of sp³-hybridized carbons (Fsp3) is 0.750. The summed E-state index contributed by atoms with van der Waals surface area (Å²) in [6.45, 7) is 6.84. The van der Waals surface area contributed by atoms with Gasteiger partial charge in [0.1, 0.15) is 0 Å². The molecule has 1 aromatic heterocycles. The molecule has 0 amide bonds. The van der Waals surface area contributed by atoms with Crippen molar-refractivity contribution in [1.82, 2.24) is 9.55 Å². The fourth-order valence-electron chi connectivity index (χ4n) is 3.09. The average Bonchev–Trinajstić information content (AvgIpc) is 2.66. The molecule has 3 rings (SSSR count). The van der Waals surface area contributed by atoms with Gasteiger partial charge in [-0.05, 0) is 33.1 Å². The van der Waals surface area contributed by atoms with E-state index in [9.17, 15) is 0 Å². The smallest absolute Gasteiger partial charge is 0.203 e. The van der Waals surface area contributed by atoms with Crippen molar-refractivity contribution in [2.24, 2.45) is 0 Å². The molecule has 82 valence electrons. The van der Waals surface area contributed by atoms with E-state index in [0.29, 0.717) is 18.0 Å². The minimum Gasteiger partial charge on any atom is -0.353 e. The molecule has 0 radical (unpaired) electrons. The first-order valence-electron chi connectivity index (χ1n) is 6.04. The number of rotatable bonds is 0. The predicted molar refractivity (Wildman–Crippen MR) is 61.4 cm³/mol. The predicted octanol–water partition coefficient (Wildman–Crippen LogP) is 2.70. The topological polar surface area (TPSA) is 29.9 Å². The first kappa shape index (κ1) is 9.25. The Labute approximate surface area is 90.9 Å². The molecule has 1 aliphatic heterocycles. The van der Waals surface area contributed by atoms with Crippen LogP contribution in [0.2, 0.25) is 0 Å². The van der Waals surface area contributed by atoms with Gasteiger partial charge in [-0.15, -0.1) is 0 Å². The van der Waals surface area contributed by atoms with Gasteiger partial charge in [0.2, 0.25) is 5.95 Å². The minimum atomic E-state index is 0.560. The molecular formula is C12H19N3. The van der Waals surface area contributed by atoms with Crippen LogP contribution in [0.5, 0.6) is 0 Å². The second-order valence-corrected chi connectivity index (χ2v) is 5.21. The number of anilines is 1. The molecule has 1 aliphatic carbocycles. The molecule has 0 aromatic carbocycles. The minimum absolute atomic E-state index is 0.560. The summed E-state index contributed by atoms with van der Waals surface area (Å²) in [5, 5.41) is 3.49. The van der Waals surface area contributed by atoms with Crippen LogP contribution in [0.4, 0.5) is 5.95 Å². The van der Waals surface area contributed by atoms with E-state index in [1.54, 1.807) is 0 Å². The lowest BCUT2D eigenvalue weighted by Gasteiger charge is -2.29. The molecule has 15 heavy (non-hydrogen) atoms. The molecule has 3 nitrogen and oxygen atoms in total. The van der Waals surface area contributed by atoms with Crippen LogP contribution in [0.15, 0.2) is 0 Å². The highest BCUT2D eigenvalue weighted by atomic mass is 15.3. The van der Waals surface area contributed by atoms with E-state index in [-0.39, 0.29) is 0 Å². The third-order valence-corrected chi connectivity index (χ3v) is 3.83. The summed E-state index contributed by atoms with van der Waals surface area (Å²) >= 11 is 0. The molecule has 1 N–H and O–H groups in total. The van der Waals surface area contributed by atoms with E-state index < -0.39 is 0 Å². The van der Waals surface area contributed by atoms with Crippen LogP contribution in [-0.2, 0) is 6.42 Å². The molecule has 0 saturated heterocycles. The first-order valence-corrected chi connectivity index (χ1v) is 6.04. The van der Waals surface area contributed by atoms with Crippen molar-refractivity contribution in [1.29, 1.82) is 0 Å². The second-order valence-electron chi connectivity index (χ2n) is 5.21. The number of fused-ring (bicyclic) bond motifs is 3. The molecule has 0 spiro atoms. The van der Waals surface area contributed by atoms with Crippen molar-refractivity contribution in [2.45, 2.75) is 58.0 Å². The van der Waals surface area contributed by atoms with Gasteiger partial charge in [0.15, 0.2) is 0 Å². The third kappa shape index (κ3) is 1.22. The molecule has 3 heteroatoms. The van der Waals surface area contributed by atoms with Gasteiger partial charge >= 0.3 is 0 Å². The molecule has 3 unspecified atom stereocenters. The summed E-state index contributed by atoms with van der Waals surface area (Å²) in [5.41, 5.74) is 2.84. The number of imidazole rings is 1. The Morgan fingerprint density at radius 3 is 2.93 bits per heavy atom. The number of hydrogen-bond donors (Lipinski definition) is 1. The van der Waals surface area contributed by atoms with Crippen LogP contribution in [0.3, 0.4) is 0 Å². The monoisotopic (exact) mass is 205 g/mol. The Morgan fingerprint density at radius 1 is 1.33 bits per heavy atom. The summed E-state index contributed by atoms with van der Waals surface area (Å²) in [4.78, 5) is 4.76. The average molecular weight is 205 g/mol. The van der Waals surface area contributed by atoms with E-state index in [4.69, 9.17) is 4.98 Å². The van der Waals surface area contributed by atoms with Crippen LogP contribution >= 0.6 is 0 Å². The van der Waals surface area contributed by atoms with Gasteiger partial charge in [-0.2, -0.15) is 0 Å². The van der Waals surface area contributed by atoms with Crippen molar-refractivity contribution in [3.63, 3.8) is 0 Å². The van der Waals surface area contributed by atoms with E-state index in [0.717, 1.165) is 5.95 Å². The van der Waals surface area contributed by atoms with Gasteiger partial charge in [0.25, 0.3) is 0 Å². The molecule has 2 aliphatic rings. The number of aromatic nitrogens is 2. The molecule has 0 bridgehead atoms. The lowest BCUT2D eigenvalue weighted by atomic mass is 10.1. The number of hydrogen-bond acceptors (Lipinski definition) is 2. The van der Waals surface area contributed by atoms with Gasteiger partial charge in [-0.1, -0.05) is 6.92 Å². The van der Waals surface area contributed by atoms with E-state index >= 15 is 0 Å². The summed E-state index contributed by atoms with van der Waals surface area (Å²) < 4.78 is 2.43. The van der Waals surface area contributed by atoms with Crippen molar-refractivity contribution in [3.8, 4) is 0 Å². The number of nitrogens with one attached hydrogen (secondary N) is 1. The molecule has 3 atom stereocenters. The molecule has 1 aromatic rings. The lowest BCUT2D eigenvalue weighted by Crippen LogP contribution is -2.29. The molecule has 0 saturated carbocycles. The third-order valence-electron chi connectivity index (χ3n) is 3.83. The normalized spacial score (nSPS) is 33.4. The maximum absolute atomic E-state index is 4.76. The van der Waals surface area contributed by atoms with Crippen LogP contribution < -0.4 is 5.32 Å². The highest BCUT2D eigenvalue weighted by Crippen LogP contribution is 2.38. The van der Waals surface area contributed by atoms with Gasteiger partial charge in [0, 0.05) is 23.7 Å². The van der Waals surface area contributed by atoms with Gasteiger partial charge in [0.05, 0.1) is 5.69 Å². The fourth-order valence-corrected chi connectivity index (χ4v) is 3.09. The Balaban J connectivity index is 2.11. The van der Waals surface area contributed by atoms with Crippen molar-refractivity contribution < 1.29 is 0 Å². The zero-order valence-corrected chi connectivity index (χ0v) is 9.75. The Kier molecular flexibility index (Phi) is 1.85. The Hall–Kier alpha value is -0.990. The molecule has 0 fully saturated rings. The summed E-state index contributed by atoms with van der Waals surface area (Å²) in [5.74, 6) is 1.76. The van der Waals surface area contributed by atoms with Crippen molar-refractivity contribution >= 4 is 5.95 Å². The second kappa shape index (κ2) is 3.00. The first-order chi connectivity index (χ1) is 7.16. The summed E-state index contributed by atoms with van der Waals surface area (Å²) in [6, 6.07) is 1.17. The van der Waals surface area contributed by atoms with Crippen LogP contribution in [-0.4, -0.2) is 15.6 Å².